The van der Waals surface area contributed by atoms with Crippen LogP contribution < -0.4 is 10.6 Å². The molecule has 0 aliphatic rings. The zero-order chi connectivity index (χ0) is 12.8. The fourth-order valence-electron chi connectivity index (χ4n) is 1.71. The van der Waals surface area contributed by atoms with E-state index in [2.05, 4.69) is 27.5 Å². The van der Waals surface area contributed by atoms with Gasteiger partial charge in [0.25, 0.3) is 0 Å². The van der Waals surface area contributed by atoms with Crippen LogP contribution in [0, 0.1) is 0 Å². The summed E-state index contributed by atoms with van der Waals surface area (Å²) in [7, 11) is 0. The topological polar surface area (TPSA) is 49.8 Å². The van der Waals surface area contributed by atoms with E-state index in [1.165, 1.54) is 0 Å². The Labute approximate surface area is 107 Å². The van der Waals surface area contributed by atoms with Gasteiger partial charge in [-0.25, -0.2) is 4.98 Å². The van der Waals surface area contributed by atoms with Crippen molar-refractivity contribution in [3.63, 3.8) is 0 Å². The van der Waals surface area contributed by atoms with Gasteiger partial charge in [0.1, 0.15) is 5.82 Å². The quantitative estimate of drug-likeness (QED) is 0.846. The molecule has 1 aromatic heterocycles. The lowest BCUT2D eigenvalue weighted by Crippen LogP contribution is -2.07. The molecule has 4 heteroatoms. The van der Waals surface area contributed by atoms with Gasteiger partial charge in [0.2, 0.25) is 5.95 Å². The molecule has 2 aromatic rings. The molecule has 0 aliphatic heterocycles. The van der Waals surface area contributed by atoms with E-state index < -0.39 is 0 Å². The Morgan fingerprint density at radius 1 is 0.944 bits per heavy atom. The van der Waals surface area contributed by atoms with Crippen LogP contribution in [0.25, 0.3) is 11.3 Å². The fraction of sp³-hybridized carbons (Fsp3) is 0.286. The Balaban J connectivity index is 2.39. The van der Waals surface area contributed by atoms with Crippen LogP contribution in [0.15, 0.2) is 36.4 Å². The average Bonchev–Trinajstić information content (AvgIpc) is 2.40. The summed E-state index contributed by atoms with van der Waals surface area (Å²) in [4.78, 5) is 8.92. The van der Waals surface area contributed by atoms with Crippen LogP contribution >= 0.6 is 0 Å². The van der Waals surface area contributed by atoms with Crippen molar-refractivity contribution in [2.24, 2.45) is 0 Å². The summed E-state index contributed by atoms with van der Waals surface area (Å²) >= 11 is 0. The Hall–Kier alpha value is -2.10. The van der Waals surface area contributed by atoms with E-state index in [-0.39, 0.29) is 0 Å². The first-order valence-electron chi connectivity index (χ1n) is 6.25. The van der Waals surface area contributed by atoms with Gasteiger partial charge in [0.15, 0.2) is 0 Å². The van der Waals surface area contributed by atoms with Crippen LogP contribution in [-0.2, 0) is 0 Å². The van der Waals surface area contributed by atoms with Gasteiger partial charge in [-0.05, 0) is 13.8 Å². The predicted octanol–water partition coefficient (Wildman–Crippen LogP) is 3.01. The van der Waals surface area contributed by atoms with E-state index in [9.17, 15) is 0 Å². The van der Waals surface area contributed by atoms with Crippen LogP contribution in [0.4, 0.5) is 11.8 Å². The Morgan fingerprint density at radius 2 is 1.67 bits per heavy atom. The summed E-state index contributed by atoms with van der Waals surface area (Å²) in [6.07, 6.45) is 0. The molecule has 0 radical (unpaired) electrons. The lowest BCUT2D eigenvalue weighted by atomic mass is 10.1. The molecular weight excluding hydrogens is 224 g/mol. The molecule has 0 bridgehead atoms. The van der Waals surface area contributed by atoms with Crippen molar-refractivity contribution >= 4 is 11.8 Å². The van der Waals surface area contributed by atoms with Gasteiger partial charge < -0.3 is 10.6 Å². The number of benzene rings is 1. The largest absolute Gasteiger partial charge is 0.370 e. The van der Waals surface area contributed by atoms with Gasteiger partial charge in [-0.1, -0.05) is 30.3 Å². The van der Waals surface area contributed by atoms with Crippen LogP contribution in [0.3, 0.4) is 0 Å². The van der Waals surface area contributed by atoms with Crippen molar-refractivity contribution in [3.05, 3.63) is 36.4 Å². The highest BCUT2D eigenvalue weighted by Crippen LogP contribution is 2.20. The van der Waals surface area contributed by atoms with Crippen molar-refractivity contribution in [2.45, 2.75) is 13.8 Å². The maximum absolute atomic E-state index is 4.51. The minimum Gasteiger partial charge on any atom is -0.370 e. The Bertz CT molecular complexity index is 472. The molecule has 4 nitrogen and oxygen atoms in total. The molecule has 94 valence electrons. The molecule has 0 fully saturated rings. The number of hydrogen-bond acceptors (Lipinski definition) is 4. The van der Waals surface area contributed by atoms with E-state index in [0.29, 0.717) is 5.95 Å². The maximum atomic E-state index is 4.51. The van der Waals surface area contributed by atoms with E-state index >= 15 is 0 Å². The van der Waals surface area contributed by atoms with Gasteiger partial charge in [-0.3, -0.25) is 0 Å². The Morgan fingerprint density at radius 3 is 2.33 bits per heavy atom. The SMILES string of the molecule is CCNc1cc(-c2ccccc2)nc(NCC)n1. The van der Waals surface area contributed by atoms with Gasteiger partial charge in [0, 0.05) is 24.7 Å². The van der Waals surface area contributed by atoms with Gasteiger partial charge >= 0.3 is 0 Å². The summed E-state index contributed by atoms with van der Waals surface area (Å²) in [5, 5.41) is 6.38. The number of nitrogens with one attached hydrogen (secondary N) is 2. The number of anilines is 2. The molecule has 0 saturated carbocycles. The molecule has 1 heterocycles. The second-order valence-corrected chi connectivity index (χ2v) is 3.89. The summed E-state index contributed by atoms with van der Waals surface area (Å²) in [5.74, 6) is 1.51. The molecule has 0 saturated heterocycles. The standard InChI is InChI=1S/C14H18N4/c1-3-15-13-10-12(11-8-6-5-7-9-11)17-14(18-13)16-4-2/h5-10H,3-4H2,1-2H3,(H2,15,16,17,18). The fourth-order valence-corrected chi connectivity index (χ4v) is 1.71. The molecule has 0 spiro atoms. The molecule has 18 heavy (non-hydrogen) atoms. The normalized spacial score (nSPS) is 10.1. The second kappa shape index (κ2) is 6.00. The molecule has 1 aromatic carbocycles. The second-order valence-electron chi connectivity index (χ2n) is 3.89. The first-order chi connectivity index (χ1) is 8.83. The van der Waals surface area contributed by atoms with E-state index in [4.69, 9.17) is 0 Å². The summed E-state index contributed by atoms with van der Waals surface area (Å²) in [6.45, 7) is 5.74. The monoisotopic (exact) mass is 242 g/mol. The van der Waals surface area contributed by atoms with Gasteiger partial charge in [-0.15, -0.1) is 0 Å². The molecule has 0 aliphatic carbocycles. The third kappa shape index (κ3) is 2.97. The number of aromatic nitrogens is 2. The highest BCUT2D eigenvalue weighted by Gasteiger charge is 2.05. The van der Waals surface area contributed by atoms with Crippen molar-refractivity contribution in [3.8, 4) is 11.3 Å². The molecule has 0 atom stereocenters. The van der Waals surface area contributed by atoms with Crippen molar-refractivity contribution in [1.29, 1.82) is 0 Å². The molecule has 2 rings (SSSR count). The summed E-state index contributed by atoms with van der Waals surface area (Å²) in [5.41, 5.74) is 2.02. The minimum atomic E-state index is 0.662. The Kier molecular flexibility index (Phi) is 4.12. The van der Waals surface area contributed by atoms with Crippen molar-refractivity contribution < 1.29 is 0 Å². The van der Waals surface area contributed by atoms with Crippen LogP contribution in [0.2, 0.25) is 0 Å². The highest BCUT2D eigenvalue weighted by molar-refractivity contribution is 5.64. The number of rotatable bonds is 5. The average molecular weight is 242 g/mol. The zero-order valence-corrected chi connectivity index (χ0v) is 10.8. The van der Waals surface area contributed by atoms with Crippen LogP contribution in [-0.4, -0.2) is 23.1 Å². The number of nitrogens with zero attached hydrogens (tertiary/aromatic N) is 2. The highest BCUT2D eigenvalue weighted by atomic mass is 15.1. The molecular formula is C14H18N4. The van der Waals surface area contributed by atoms with Gasteiger partial charge in [0.05, 0.1) is 5.69 Å². The molecule has 2 N–H and O–H groups in total. The van der Waals surface area contributed by atoms with Gasteiger partial charge in [-0.2, -0.15) is 4.98 Å². The van der Waals surface area contributed by atoms with E-state index in [1.807, 2.05) is 43.3 Å². The zero-order valence-electron chi connectivity index (χ0n) is 10.8. The van der Waals surface area contributed by atoms with Crippen LogP contribution in [0.1, 0.15) is 13.8 Å². The first kappa shape index (κ1) is 12.4. The lowest BCUT2D eigenvalue weighted by Gasteiger charge is -2.09. The third-order valence-electron chi connectivity index (χ3n) is 2.49. The van der Waals surface area contributed by atoms with E-state index in [0.717, 1.165) is 30.2 Å². The van der Waals surface area contributed by atoms with E-state index in [1.54, 1.807) is 0 Å². The third-order valence-corrected chi connectivity index (χ3v) is 2.49. The minimum absolute atomic E-state index is 0.662. The number of hydrogen-bond donors (Lipinski definition) is 2. The predicted molar refractivity (Wildman–Crippen MR) is 75.8 cm³/mol. The summed E-state index contributed by atoms with van der Waals surface area (Å²) < 4.78 is 0. The van der Waals surface area contributed by atoms with Crippen molar-refractivity contribution in [2.75, 3.05) is 23.7 Å². The maximum Gasteiger partial charge on any atom is 0.225 e. The summed E-state index contributed by atoms with van der Waals surface area (Å²) in [6, 6.07) is 12.1. The molecule has 0 unspecified atom stereocenters. The lowest BCUT2D eigenvalue weighted by molar-refractivity contribution is 1.07. The van der Waals surface area contributed by atoms with Crippen LogP contribution in [0.5, 0.6) is 0 Å². The molecule has 0 amide bonds. The smallest absolute Gasteiger partial charge is 0.225 e. The first-order valence-corrected chi connectivity index (χ1v) is 6.25. The van der Waals surface area contributed by atoms with Crippen molar-refractivity contribution in [1.82, 2.24) is 9.97 Å².